The van der Waals surface area contributed by atoms with Crippen molar-refractivity contribution in [2.75, 3.05) is 0 Å². The van der Waals surface area contributed by atoms with Crippen LogP contribution in [0.1, 0.15) is 98.8 Å². The third kappa shape index (κ3) is 3.05. The molecule has 158 valence electrons. The van der Waals surface area contributed by atoms with Gasteiger partial charge >= 0.3 is 0 Å². The highest BCUT2D eigenvalue weighted by molar-refractivity contribution is 5.76. The van der Waals surface area contributed by atoms with Crippen LogP contribution in [0.4, 0.5) is 0 Å². The second-order valence-corrected chi connectivity index (χ2v) is 12.0. The van der Waals surface area contributed by atoms with Gasteiger partial charge in [-0.25, -0.2) is 0 Å². The molecule has 3 fully saturated rings. The van der Waals surface area contributed by atoms with Gasteiger partial charge in [-0.15, -0.1) is 0 Å². The zero-order chi connectivity index (χ0) is 20.1. The minimum Gasteiger partial charge on any atom is -0.298 e. The van der Waals surface area contributed by atoms with Crippen LogP contribution in [0.3, 0.4) is 0 Å². The van der Waals surface area contributed by atoms with Gasteiger partial charge in [-0.2, -0.15) is 0 Å². The van der Waals surface area contributed by atoms with Crippen LogP contribution >= 0.6 is 0 Å². The van der Waals surface area contributed by atoms with Crippen LogP contribution in [0.25, 0.3) is 0 Å². The van der Waals surface area contributed by atoms with Gasteiger partial charge in [0.1, 0.15) is 6.29 Å². The summed E-state index contributed by atoms with van der Waals surface area (Å²) in [5, 5.41) is 0. The minimum absolute atomic E-state index is 0.187. The van der Waals surface area contributed by atoms with Crippen LogP contribution in [-0.2, 0) is 4.79 Å². The molecule has 0 aromatic rings. The van der Waals surface area contributed by atoms with Crippen molar-refractivity contribution in [1.29, 1.82) is 0 Å². The van der Waals surface area contributed by atoms with Gasteiger partial charge in [0.25, 0.3) is 0 Å². The van der Waals surface area contributed by atoms with Crippen molar-refractivity contribution in [2.45, 2.75) is 98.8 Å². The van der Waals surface area contributed by atoms with Crippen molar-refractivity contribution in [3.8, 4) is 0 Å². The van der Waals surface area contributed by atoms with Crippen LogP contribution in [0, 0.1) is 52.3 Å². The molecule has 4 rings (SSSR count). The molecular weight excluding hydrogens is 340 g/mol. The molecule has 28 heavy (non-hydrogen) atoms. The molecule has 0 amide bonds. The van der Waals surface area contributed by atoms with E-state index in [1.807, 2.05) is 0 Å². The van der Waals surface area contributed by atoms with Crippen LogP contribution < -0.4 is 0 Å². The van der Waals surface area contributed by atoms with Gasteiger partial charge in [-0.05, 0) is 97.4 Å². The first kappa shape index (κ1) is 20.7. The number of carbonyl (C=O) groups is 1. The fourth-order valence-corrected chi connectivity index (χ4v) is 8.93. The Labute approximate surface area is 174 Å². The lowest BCUT2D eigenvalue weighted by Crippen LogP contribution is -2.51. The standard InChI is InChI=1S/C27H44O/c1-18(2)7-6-8-19(3)23-13-14-24-22-12-11-20-9-10-21(17-28)27(20,5)25(22)15-16-26(23,24)4/h10,17-20,22-25H,6-9,11-16H2,1-5H3/t19-,20-,22+,23-,24+,25+,26-,27-/m1/s1. The van der Waals surface area contributed by atoms with Crippen LogP contribution in [0.2, 0.25) is 0 Å². The highest BCUT2D eigenvalue weighted by Crippen LogP contribution is 2.69. The maximum Gasteiger partial charge on any atom is 0.146 e. The number of rotatable bonds is 6. The molecule has 8 atom stereocenters. The number of hydrogen-bond acceptors (Lipinski definition) is 1. The largest absolute Gasteiger partial charge is 0.298 e. The van der Waals surface area contributed by atoms with Gasteiger partial charge in [0.05, 0.1) is 0 Å². The van der Waals surface area contributed by atoms with Gasteiger partial charge in [-0.1, -0.05) is 60.0 Å². The Hall–Kier alpha value is -0.590. The molecule has 0 aliphatic heterocycles. The molecule has 0 aromatic heterocycles. The topological polar surface area (TPSA) is 17.1 Å². The maximum absolute atomic E-state index is 11.9. The fraction of sp³-hybridized carbons (Fsp3) is 0.889. The second kappa shape index (κ2) is 7.59. The number of hydrogen-bond donors (Lipinski definition) is 0. The first-order chi connectivity index (χ1) is 13.3. The van der Waals surface area contributed by atoms with E-state index in [9.17, 15) is 4.79 Å². The van der Waals surface area contributed by atoms with Crippen molar-refractivity contribution in [1.82, 2.24) is 0 Å². The lowest BCUT2D eigenvalue weighted by atomic mass is 9.46. The smallest absolute Gasteiger partial charge is 0.146 e. The lowest BCUT2D eigenvalue weighted by molar-refractivity contribution is -0.110. The molecule has 4 aliphatic carbocycles. The van der Waals surface area contributed by atoms with E-state index >= 15 is 0 Å². The summed E-state index contributed by atoms with van der Waals surface area (Å²) < 4.78 is 0. The summed E-state index contributed by atoms with van der Waals surface area (Å²) in [6.45, 7) is 12.4. The molecule has 0 N–H and O–H groups in total. The van der Waals surface area contributed by atoms with Crippen molar-refractivity contribution in [2.24, 2.45) is 52.3 Å². The summed E-state index contributed by atoms with van der Waals surface area (Å²) in [6.07, 6.45) is 17.4. The third-order valence-electron chi connectivity index (χ3n) is 10.5. The quantitative estimate of drug-likeness (QED) is 0.434. The average Bonchev–Trinajstić information content (AvgIpc) is 3.17. The van der Waals surface area contributed by atoms with Crippen molar-refractivity contribution < 1.29 is 4.79 Å². The number of fused-ring (bicyclic) bond motifs is 5. The Morgan fingerprint density at radius 1 is 1.04 bits per heavy atom. The summed E-state index contributed by atoms with van der Waals surface area (Å²) >= 11 is 0. The molecule has 0 radical (unpaired) electrons. The van der Waals surface area contributed by atoms with E-state index in [0.29, 0.717) is 5.41 Å². The van der Waals surface area contributed by atoms with Gasteiger partial charge in [0, 0.05) is 5.41 Å². The highest BCUT2D eigenvalue weighted by Gasteiger charge is 2.61. The molecule has 1 nitrogen and oxygen atoms in total. The van der Waals surface area contributed by atoms with E-state index in [1.165, 1.54) is 64.1 Å². The van der Waals surface area contributed by atoms with Gasteiger partial charge in [-0.3, -0.25) is 4.79 Å². The molecule has 0 aromatic carbocycles. The monoisotopic (exact) mass is 384 g/mol. The average molecular weight is 385 g/mol. The lowest BCUT2D eigenvalue weighted by Gasteiger charge is -2.58. The minimum atomic E-state index is 0.187. The normalized spacial score (nSPS) is 45.9. The van der Waals surface area contributed by atoms with Gasteiger partial charge in [0.15, 0.2) is 0 Å². The van der Waals surface area contributed by atoms with E-state index in [-0.39, 0.29) is 5.41 Å². The molecule has 4 aliphatic rings. The van der Waals surface area contributed by atoms with E-state index in [1.54, 1.807) is 0 Å². The number of allylic oxidation sites excluding steroid dienone is 2. The molecule has 0 unspecified atom stereocenters. The summed E-state index contributed by atoms with van der Waals surface area (Å²) in [5.41, 5.74) is 1.91. The first-order valence-corrected chi connectivity index (χ1v) is 12.5. The van der Waals surface area contributed by atoms with Crippen molar-refractivity contribution in [3.05, 3.63) is 11.6 Å². The summed E-state index contributed by atoms with van der Waals surface area (Å²) in [4.78, 5) is 11.9. The Morgan fingerprint density at radius 3 is 2.54 bits per heavy atom. The zero-order valence-corrected chi connectivity index (χ0v) is 19.2. The predicted molar refractivity (Wildman–Crippen MR) is 118 cm³/mol. The Morgan fingerprint density at radius 2 is 1.82 bits per heavy atom. The number of aldehydes is 1. The molecular formula is C27H44O. The van der Waals surface area contributed by atoms with Gasteiger partial charge < -0.3 is 0 Å². The Balaban J connectivity index is 1.50. The molecule has 0 saturated heterocycles. The van der Waals surface area contributed by atoms with E-state index in [4.69, 9.17) is 0 Å². The van der Waals surface area contributed by atoms with E-state index < -0.39 is 0 Å². The van der Waals surface area contributed by atoms with Gasteiger partial charge in [0.2, 0.25) is 0 Å². The predicted octanol–water partition coefficient (Wildman–Crippen LogP) is 7.45. The molecule has 0 spiro atoms. The van der Waals surface area contributed by atoms with Crippen molar-refractivity contribution >= 4 is 6.29 Å². The first-order valence-electron chi connectivity index (χ1n) is 12.5. The summed E-state index contributed by atoms with van der Waals surface area (Å²) in [7, 11) is 0. The van der Waals surface area contributed by atoms with Crippen molar-refractivity contribution in [3.63, 3.8) is 0 Å². The molecule has 1 heteroatoms. The molecule has 0 bridgehead atoms. The van der Waals surface area contributed by atoms with E-state index in [0.717, 1.165) is 53.4 Å². The van der Waals surface area contributed by atoms with E-state index in [2.05, 4.69) is 40.7 Å². The Bertz CT molecular complexity index is 618. The highest BCUT2D eigenvalue weighted by atomic mass is 16.1. The summed E-state index contributed by atoms with van der Waals surface area (Å²) in [5.74, 6) is 5.94. The van der Waals surface area contributed by atoms with Crippen LogP contribution in [0.5, 0.6) is 0 Å². The third-order valence-corrected chi connectivity index (χ3v) is 10.5. The molecule has 0 heterocycles. The summed E-state index contributed by atoms with van der Waals surface area (Å²) in [6, 6.07) is 0. The zero-order valence-electron chi connectivity index (χ0n) is 19.2. The van der Waals surface area contributed by atoms with Crippen LogP contribution in [0.15, 0.2) is 11.6 Å². The fourth-order valence-electron chi connectivity index (χ4n) is 8.93. The Kier molecular flexibility index (Phi) is 5.60. The maximum atomic E-state index is 11.9. The molecule has 3 saturated carbocycles. The van der Waals surface area contributed by atoms with Crippen LogP contribution in [-0.4, -0.2) is 6.29 Å². The second-order valence-electron chi connectivity index (χ2n) is 12.0. The SMILES string of the molecule is CC(C)CCC[C@@H](C)[C@H]1CC[C@H]2[C@@H]3CC[C@H]4CC=C(C=O)[C@]4(C)[C@H]3CC[C@]12C. The number of carbonyl (C=O) groups excluding carboxylic acids is 1.